The van der Waals surface area contributed by atoms with Crippen molar-refractivity contribution in [2.24, 2.45) is 0 Å². The average molecular weight is 761 g/mol. The van der Waals surface area contributed by atoms with Gasteiger partial charge in [0.25, 0.3) is 0 Å². The first-order chi connectivity index (χ1) is 23.0. The Labute approximate surface area is 302 Å². The molecule has 1 saturated heterocycles. The maximum atomic E-state index is 7.10. The van der Waals surface area contributed by atoms with Crippen molar-refractivity contribution in [1.29, 1.82) is 0 Å². The Morgan fingerprint density at radius 3 is 1.96 bits per heavy atom. The first-order valence-corrected chi connectivity index (χ1v) is 19.5. The highest BCUT2D eigenvalue weighted by atomic mass is 79.9. The molecule has 1 aliphatic rings. The standard InChI is InChI=1S/C38H57BrCl2O6/c1-5-9-20-42-27-31-35(43-21-10-6-2)38(46-23-12-8-4)37(45-22-11-7-3)34(47-31)30-26-29(25-28-17-14-13-15-18-28)33(41)36(32(30)39)44-24-16-19-40/h13-15,17-18,26,31,34-35,37-38H,5-12,16,19-25,27H2,1-4H3/t31-,34+,35-,37+,38+/m1/s1. The van der Waals surface area contributed by atoms with Gasteiger partial charge in [0, 0.05) is 37.9 Å². The van der Waals surface area contributed by atoms with Crippen molar-refractivity contribution in [2.45, 2.75) is 122 Å². The van der Waals surface area contributed by atoms with E-state index in [9.17, 15) is 0 Å². The summed E-state index contributed by atoms with van der Waals surface area (Å²) >= 11 is 17.0. The maximum absolute atomic E-state index is 7.10. The number of unbranched alkanes of at least 4 members (excludes halogenated alkanes) is 4. The summed E-state index contributed by atoms with van der Waals surface area (Å²) < 4.78 is 40.5. The Kier molecular flexibility index (Phi) is 20.3. The van der Waals surface area contributed by atoms with E-state index in [1.54, 1.807) is 0 Å². The molecule has 6 nitrogen and oxygen atoms in total. The number of alkyl halides is 1. The summed E-state index contributed by atoms with van der Waals surface area (Å²) in [5, 5.41) is 0.578. The highest BCUT2D eigenvalue weighted by Gasteiger charge is 2.49. The Hall–Kier alpha value is -0.900. The molecule has 0 aliphatic carbocycles. The lowest BCUT2D eigenvalue weighted by Gasteiger charge is -2.47. The van der Waals surface area contributed by atoms with Crippen molar-refractivity contribution in [3.05, 3.63) is 62.6 Å². The van der Waals surface area contributed by atoms with Crippen LogP contribution in [0.25, 0.3) is 0 Å². The molecule has 47 heavy (non-hydrogen) atoms. The summed E-state index contributed by atoms with van der Waals surface area (Å²) in [6.45, 7) is 12.0. The van der Waals surface area contributed by atoms with Gasteiger partial charge < -0.3 is 28.4 Å². The number of ether oxygens (including phenoxy) is 6. The van der Waals surface area contributed by atoms with Crippen LogP contribution in [0.5, 0.6) is 5.75 Å². The third-order valence-electron chi connectivity index (χ3n) is 8.31. The molecule has 0 bridgehead atoms. The van der Waals surface area contributed by atoms with E-state index in [1.165, 1.54) is 0 Å². The van der Waals surface area contributed by atoms with E-state index < -0.39 is 12.2 Å². The van der Waals surface area contributed by atoms with Gasteiger partial charge in [0.1, 0.15) is 30.5 Å². The molecule has 266 valence electrons. The normalized spacial score (nSPS) is 21.3. The number of benzene rings is 2. The molecule has 0 saturated carbocycles. The van der Waals surface area contributed by atoms with Crippen LogP contribution in [0, 0.1) is 0 Å². The first kappa shape index (κ1) is 40.5. The molecule has 0 unspecified atom stereocenters. The van der Waals surface area contributed by atoms with Crippen LogP contribution in [0.2, 0.25) is 5.02 Å². The molecule has 0 aromatic heterocycles. The van der Waals surface area contributed by atoms with Gasteiger partial charge in [-0.25, -0.2) is 0 Å². The zero-order valence-corrected chi connectivity index (χ0v) is 32.1. The second-order valence-corrected chi connectivity index (χ2v) is 13.8. The van der Waals surface area contributed by atoms with Crippen LogP contribution in [0.1, 0.15) is 108 Å². The van der Waals surface area contributed by atoms with Gasteiger partial charge in [-0.05, 0) is 71.6 Å². The monoisotopic (exact) mass is 758 g/mol. The van der Waals surface area contributed by atoms with E-state index in [0.717, 1.165) is 72.5 Å². The molecule has 0 amide bonds. The molecule has 1 heterocycles. The lowest BCUT2D eigenvalue weighted by molar-refractivity contribution is -0.268. The van der Waals surface area contributed by atoms with Gasteiger partial charge in [-0.1, -0.05) is 95.3 Å². The fraction of sp³-hybridized carbons (Fsp3) is 0.684. The van der Waals surface area contributed by atoms with E-state index in [4.69, 9.17) is 51.6 Å². The summed E-state index contributed by atoms with van der Waals surface area (Å²) in [7, 11) is 0. The number of hydrogen-bond donors (Lipinski definition) is 0. The minimum absolute atomic E-state index is 0.336. The Bertz CT molecular complexity index is 1120. The highest BCUT2D eigenvalue weighted by molar-refractivity contribution is 9.10. The lowest BCUT2D eigenvalue weighted by Crippen LogP contribution is -2.58. The fourth-order valence-corrected chi connectivity index (χ4v) is 6.75. The van der Waals surface area contributed by atoms with Crippen LogP contribution >= 0.6 is 39.1 Å². The van der Waals surface area contributed by atoms with Crippen LogP contribution < -0.4 is 4.74 Å². The molecule has 1 aliphatic heterocycles. The smallest absolute Gasteiger partial charge is 0.152 e. The summed E-state index contributed by atoms with van der Waals surface area (Å²) in [4.78, 5) is 0. The van der Waals surface area contributed by atoms with E-state index in [-0.39, 0.29) is 18.3 Å². The molecule has 5 atom stereocenters. The first-order valence-electron chi connectivity index (χ1n) is 17.8. The van der Waals surface area contributed by atoms with Gasteiger partial charge in [0.2, 0.25) is 0 Å². The van der Waals surface area contributed by atoms with Crippen molar-refractivity contribution in [3.8, 4) is 5.75 Å². The summed E-state index contributed by atoms with van der Waals surface area (Å²) in [6.07, 6.45) is 7.39. The molecule has 2 aromatic carbocycles. The van der Waals surface area contributed by atoms with Gasteiger partial charge in [-0.3, -0.25) is 0 Å². The van der Waals surface area contributed by atoms with Crippen LogP contribution in [-0.2, 0) is 30.1 Å². The summed E-state index contributed by atoms with van der Waals surface area (Å²) in [6, 6.07) is 12.5. The molecular formula is C38H57BrCl2O6. The van der Waals surface area contributed by atoms with Crippen LogP contribution in [-0.4, -0.2) is 69.9 Å². The van der Waals surface area contributed by atoms with Crippen LogP contribution in [0.15, 0.2) is 40.9 Å². The van der Waals surface area contributed by atoms with Crippen molar-refractivity contribution in [2.75, 3.05) is 45.5 Å². The second-order valence-electron chi connectivity index (χ2n) is 12.2. The van der Waals surface area contributed by atoms with Crippen molar-refractivity contribution in [3.63, 3.8) is 0 Å². The predicted octanol–water partition coefficient (Wildman–Crippen LogP) is 10.5. The third-order valence-corrected chi connectivity index (χ3v) is 9.81. The van der Waals surface area contributed by atoms with Crippen LogP contribution in [0.3, 0.4) is 0 Å². The van der Waals surface area contributed by atoms with Crippen molar-refractivity contribution >= 4 is 39.1 Å². The van der Waals surface area contributed by atoms with E-state index in [2.05, 4.69) is 61.8 Å². The second kappa shape index (κ2) is 23.5. The zero-order valence-electron chi connectivity index (χ0n) is 29.0. The van der Waals surface area contributed by atoms with Crippen molar-refractivity contribution in [1.82, 2.24) is 0 Å². The molecule has 0 N–H and O–H groups in total. The Morgan fingerprint density at radius 2 is 1.34 bits per heavy atom. The van der Waals surface area contributed by atoms with Gasteiger partial charge >= 0.3 is 0 Å². The van der Waals surface area contributed by atoms with Gasteiger partial charge in [-0.15, -0.1) is 11.6 Å². The van der Waals surface area contributed by atoms with Gasteiger partial charge in [-0.2, -0.15) is 0 Å². The minimum Gasteiger partial charge on any atom is -0.491 e. The lowest BCUT2D eigenvalue weighted by atomic mass is 9.89. The topological polar surface area (TPSA) is 55.4 Å². The Morgan fingerprint density at radius 1 is 0.745 bits per heavy atom. The van der Waals surface area contributed by atoms with Crippen LogP contribution in [0.4, 0.5) is 0 Å². The molecule has 9 heteroatoms. The van der Waals surface area contributed by atoms with Gasteiger partial charge in [0.05, 0.1) is 22.7 Å². The largest absolute Gasteiger partial charge is 0.491 e. The highest BCUT2D eigenvalue weighted by Crippen LogP contribution is 2.47. The molecule has 0 spiro atoms. The average Bonchev–Trinajstić information content (AvgIpc) is 3.08. The number of hydrogen-bond acceptors (Lipinski definition) is 6. The van der Waals surface area contributed by atoms with Crippen molar-refractivity contribution < 1.29 is 28.4 Å². The zero-order chi connectivity index (χ0) is 33.9. The quantitative estimate of drug-likeness (QED) is 0.0785. The SMILES string of the molecule is CCCCOC[C@H]1O[C@@H](c2cc(Cc3ccccc3)c(Cl)c(OCCCCl)c2Br)[C@H](OCCCC)[C@@H](OCCCC)[C@@H]1OCCCC. The van der Waals surface area contributed by atoms with Gasteiger partial charge in [0.15, 0.2) is 5.75 Å². The molecule has 1 fully saturated rings. The number of halogens is 3. The predicted molar refractivity (Wildman–Crippen MR) is 197 cm³/mol. The summed E-state index contributed by atoms with van der Waals surface area (Å²) in [5.41, 5.74) is 3.02. The minimum atomic E-state index is -0.485. The number of rotatable bonds is 24. The molecule has 3 rings (SSSR count). The summed E-state index contributed by atoms with van der Waals surface area (Å²) in [5.74, 6) is 1.09. The van der Waals surface area contributed by atoms with E-state index in [1.807, 2.05) is 18.2 Å². The fourth-order valence-electron chi connectivity index (χ4n) is 5.60. The molecule has 0 radical (unpaired) electrons. The molecule has 2 aromatic rings. The van der Waals surface area contributed by atoms with E-state index >= 15 is 0 Å². The molecular weight excluding hydrogens is 703 g/mol. The third kappa shape index (κ3) is 12.7. The van der Waals surface area contributed by atoms with E-state index in [0.29, 0.717) is 69.1 Å². The maximum Gasteiger partial charge on any atom is 0.152 e. The Balaban J connectivity index is 2.15.